The first-order valence-electron chi connectivity index (χ1n) is 5.78. The topological polar surface area (TPSA) is 21.3 Å². The molecule has 2 nitrogen and oxygen atoms in total. The van der Waals surface area contributed by atoms with E-state index in [9.17, 15) is 13.2 Å². The zero-order valence-corrected chi connectivity index (χ0v) is 10.2. The van der Waals surface area contributed by atoms with Crippen LogP contribution in [0, 0.1) is 5.92 Å². The Labute approximate surface area is 95.5 Å². The molecule has 1 N–H and O–H groups in total. The summed E-state index contributed by atoms with van der Waals surface area (Å²) in [5, 5.41) is 3.16. The van der Waals surface area contributed by atoms with Gasteiger partial charge in [-0.15, -0.1) is 0 Å². The molecule has 0 aliphatic heterocycles. The molecule has 2 unspecified atom stereocenters. The summed E-state index contributed by atoms with van der Waals surface area (Å²) in [6.07, 6.45) is -2.21. The Morgan fingerprint density at radius 1 is 1.25 bits per heavy atom. The van der Waals surface area contributed by atoms with Crippen molar-refractivity contribution in [3.63, 3.8) is 0 Å². The molecule has 0 saturated heterocycles. The number of rotatable bonds is 8. The summed E-state index contributed by atoms with van der Waals surface area (Å²) in [6.45, 7) is 5.75. The number of nitrogens with one attached hydrogen (secondary N) is 1. The molecule has 0 aromatic carbocycles. The molecule has 16 heavy (non-hydrogen) atoms. The van der Waals surface area contributed by atoms with Gasteiger partial charge in [0.15, 0.2) is 0 Å². The second kappa shape index (κ2) is 7.90. The van der Waals surface area contributed by atoms with Crippen molar-refractivity contribution >= 4 is 0 Å². The zero-order valence-electron chi connectivity index (χ0n) is 10.2. The van der Waals surface area contributed by atoms with Gasteiger partial charge in [0.05, 0.1) is 6.61 Å². The van der Waals surface area contributed by atoms with Gasteiger partial charge in [0.25, 0.3) is 0 Å². The third kappa shape index (κ3) is 7.93. The van der Waals surface area contributed by atoms with Gasteiger partial charge in [0.2, 0.25) is 0 Å². The number of alkyl halides is 3. The highest BCUT2D eigenvalue weighted by Crippen LogP contribution is 2.16. The summed E-state index contributed by atoms with van der Waals surface area (Å²) in [5.41, 5.74) is 0. The number of likely N-dealkylation sites (N-methyl/N-ethyl adjacent to an activating group) is 1. The molecule has 5 heteroatoms. The maximum absolute atomic E-state index is 11.9. The molecule has 98 valence electrons. The Hall–Kier alpha value is -0.290. The predicted octanol–water partition coefficient (Wildman–Crippen LogP) is 2.98. The van der Waals surface area contributed by atoms with Crippen LogP contribution in [0.15, 0.2) is 0 Å². The third-order valence-corrected chi connectivity index (χ3v) is 2.46. The Bertz CT molecular complexity index is 173. The maximum Gasteiger partial charge on any atom is 0.411 e. The van der Waals surface area contributed by atoms with Crippen LogP contribution in [0.3, 0.4) is 0 Å². The fourth-order valence-electron chi connectivity index (χ4n) is 1.64. The lowest BCUT2D eigenvalue weighted by Gasteiger charge is -2.24. The average Bonchev–Trinajstić information content (AvgIpc) is 2.15. The van der Waals surface area contributed by atoms with E-state index < -0.39 is 12.8 Å². The summed E-state index contributed by atoms with van der Waals surface area (Å²) < 4.78 is 40.4. The molecule has 0 aliphatic rings. The van der Waals surface area contributed by atoms with Gasteiger partial charge in [-0.25, -0.2) is 0 Å². The minimum absolute atomic E-state index is 0.00676. The van der Waals surface area contributed by atoms with Crippen LogP contribution in [0.5, 0.6) is 0 Å². The lowest BCUT2D eigenvalue weighted by molar-refractivity contribution is -0.176. The molecule has 0 radical (unpaired) electrons. The molecular weight excluding hydrogens is 219 g/mol. The van der Waals surface area contributed by atoms with Crippen LogP contribution in [0.4, 0.5) is 13.2 Å². The Morgan fingerprint density at radius 3 is 2.31 bits per heavy atom. The van der Waals surface area contributed by atoms with E-state index in [0.29, 0.717) is 5.92 Å². The smallest absolute Gasteiger partial charge is 0.370 e. The molecule has 0 heterocycles. The van der Waals surface area contributed by atoms with E-state index in [1.807, 2.05) is 13.8 Å². The highest BCUT2D eigenvalue weighted by Gasteiger charge is 2.28. The maximum atomic E-state index is 11.9. The SMILES string of the molecule is CCCC(C)C(COCC(F)(F)F)NCC. The quantitative estimate of drug-likeness (QED) is 0.705. The van der Waals surface area contributed by atoms with Crippen molar-refractivity contribution in [1.29, 1.82) is 0 Å². The average molecular weight is 241 g/mol. The number of hydrogen-bond donors (Lipinski definition) is 1. The first kappa shape index (κ1) is 15.7. The van der Waals surface area contributed by atoms with E-state index in [0.717, 1.165) is 19.4 Å². The normalized spacial score (nSPS) is 16.1. The van der Waals surface area contributed by atoms with Crippen molar-refractivity contribution in [2.45, 2.75) is 45.8 Å². The van der Waals surface area contributed by atoms with Crippen LogP contribution in [0.2, 0.25) is 0 Å². The summed E-state index contributed by atoms with van der Waals surface area (Å²) in [6, 6.07) is 0.00676. The van der Waals surface area contributed by atoms with Gasteiger partial charge in [-0.05, 0) is 18.9 Å². The molecule has 2 atom stereocenters. The highest BCUT2D eigenvalue weighted by molar-refractivity contribution is 4.72. The molecule has 0 rings (SSSR count). The minimum atomic E-state index is -4.23. The van der Waals surface area contributed by atoms with Crippen LogP contribution >= 0.6 is 0 Å². The Morgan fingerprint density at radius 2 is 1.88 bits per heavy atom. The second-order valence-corrected chi connectivity index (χ2v) is 4.06. The Balaban J connectivity index is 3.93. The van der Waals surface area contributed by atoms with Crippen molar-refractivity contribution in [3.8, 4) is 0 Å². The second-order valence-electron chi connectivity index (χ2n) is 4.06. The molecule has 0 saturated carbocycles. The Kier molecular flexibility index (Phi) is 7.76. The van der Waals surface area contributed by atoms with Crippen molar-refractivity contribution in [2.24, 2.45) is 5.92 Å². The molecule has 0 aromatic heterocycles. The van der Waals surface area contributed by atoms with Crippen molar-refractivity contribution in [1.82, 2.24) is 5.32 Å². The van der Waals surface area contributed by atoms with Crippen molar-refractivity contribution in [2.75, 3.05) is 19.8 Å². The summed E-state index contributed by atoms with van der Waals surface area (Å²) in [4.78, 5) is 0. The monoisotopic (exact) mass is 241 g/mol. The largest absolute Gasteiger partial charge is 0.411 e. The summed E-state index contributed by atoms with van der Waals surface area (Å²) in [5.74, 6) is 0.332. The van der Waals surface area contributed by atoms with Crippen LogP contribution in [-0.2, 0) is 4.74 Å². The van der Waals surface area contributed by atoms with Crippen LogP contribution in [-0.4, -0.2) is 32.0 Å². The fraction of sp³-hybridized carbons (Fsp3) is 1.00. The van der Waals surface area contributed by atoms with Gasteiger partial charge in [0, 0.05) is 6.04 Å². The molecule has 0 bridgehead atoms. The lowest BCUT2D eigenvalue weighted by atomic mass is 9.97. The van der Waals surface area contributed by atoms with E-state index in [-0.39, 0.29) is 12.6 Å². The highest BCUT2D eigenvalue weighted by atomic mass is 19.4. The zero-order chi connectivity index (χ0) is 12.6. The molecule has 0 aliphatic carbocycles. The van der Waals surface area contributed by atoms with Gasteiger partial charge in [-0.3, -0.25) is 0 Å². The molecule has 0 aromatic rings. The number of halogens is 3. The predicted molar refractivity (Wildman–Crippen MR) is 58.4 cm³/mol. The minimum Gasteiger partial charge on any atom is -0.370 e. The summed E-state index contributed by atoms with van der Waals surface area (Å²) >= 11 is 0. The molecular formula is C11H22F3NO. The van der Waals surface area contributed by atoms with Gasteiger partial charge in [-0.1, -0.05) is 27.2 Å². The number of hydrogen-bond acceptors (Lipinski definition) is 2. The van der Waals surface area contributed by atoms with Gasteiger partial charge in [-0.2, -0.15) is 13.2 Å². The van der Waals surface area contributed by atoms with Gasteiger partial charge >= 0.3 is 6.18 Å². The van der Waals surface area contributed by atoms with E-state index in [2.05, 4.69) is 12.2 Å². The van der Waals surface area contributed by atoms with E-state index in [1.54, 1.807) is 0 Å². The van der Waals surface area contributed by atoms with E-state index >= 15 is 0 Å². The molecule has 0 spiro atoms. The summed E-state index contributed by atoms with van der Waals surface area (Å²) in [7, 11) is 0. The molecule has 0 fully saturated rings. The van der Waals surface area contributed by atoms with E-state index in [1.165, 1.54) is 0 Å². The van der Waals surface area contributed by atoms with Crippen molar-refractivity contribution in [3.05, 3.63) is 0 Å². The van der Waals surface area contributed by atoms with Gasteiger partial charge < -0.3 is 10.1 Å². The third-order valence-electron chi connectivity index (χ3n) is 2.46. The standard InChI is InChI=1S/C11H22F3NO/c1-4-6-9(3)10(15-5-2)7-16-8-11(12,13)14/h9-10,15H,4-8H2,1-3H3. The van der Waals surface area contributed by atoms with Crippen LogP contribution in [0.1, 0.15) is 33.6 Å². The van der Waals surface area contributed by atoms with Crippen molar-refractivity contribution < 1.29 is 17.9 Å². The van der Waals surface area contributed by atoms with Crippen LogP contribution in [0.25, 0.3) is 0 Å². The van der Waals surface area contributed by atoms with Gasteiger partial charge in [0.1, 0.15) is 6.61 Å². The van der Waals surface area contributed by atoms with E-state index in [4.69, 9.17) is 4.74 Å². The van der Waals surface area contributed by atoms with Crippen LogP contribution < -0.4 is 5.32 Å². The first-order valence-corrected chi connectivity index (χ1v) is 5.78. The lowest BCUT2D eigenvalue weighted by Crippen LogP contribution is -2.39. The first-order chi connectivity index (χ1) is 7.40. The number of ether oxygens (including phenoxy) is 1. The fourth-order valence-corrected chi connectivity index (χ4v) is 1.64. The molecule has 0 amide bonds.